The minimum Gasteiger partial charge on any atom is -0.383 e. The number of nitrogen functional groups attached to an aromatic ring is 1. The fourth-order valence-corrected chi connectivity index (χ4v) is 2.95. The molecule has 1 fully saturated rings. The van der Waals surface area contributed by atoms with Gasteiger partial charge in [0.25, 0.3) is 0 Å². The highest BCUT2D eigenvalue weighted by Crippen LogP contribution is 2.26. The van der Waals surface area contributed by atoms with Crippen molar-refractivity contribution in [1.29, 1.82) is 0 Å². The van der Waals surface area contributed by atoms with Gasteiger partial charge in [-0.05, 0) is 47.0 Å². The highest BCUT2D eigenvalue weighted by molar-refractivity contribution is 9.10. The van der Waals surface area contributed by atoms with Gasteiger partial charge >= 0.3 is 0 Å². The summed E-state index contributed by atoms with van der Waals surface area (Å²) in [5, 5.41) is 0. The zero-order chi connectivity index (χ0) is 13.1. The number of rotatable bonds is 2. The molecule has 18 heavy (non-hydrogen) atoms. The van der Waals surface area contributed by atoms with E-state index in [1.807, 2.05) is 0 Å². The van der Waals surface area contributed by atoms with Crippen LogP contribution in [0.25, 0.3) is 0 Å². The number of aromatic nitrogens is 2. The van der Waals surface area contributed by atoms with Crippen LogP contribution in [-0.2, 0) is 0 Å². The SMILES string of the molecule is CC(C)C1CCCN(c2nc(N)cc(Br)n2)CC1. The summed E-state index contributed by atoms with van der Waals surface area (Å²) >= 11 is 3.38. The molecule has 1 aromatic rings. The van der Waals surface area contributed by atoms with Crippen LogP contribution in [0.1, 0.15) is 33.1 Å². The third-order valence-corrected chi connectivity index (χ3v) is 4.11. The van der Waals surface area contributed by atoms with Crippen molar-refractivity contribution < 1.29 is 0 Å². The Morgan fingerprint density at radius 3 is 2.78 bits per heavy atom. The molecular weight excluding hydrogens is 292 g/mol. The van der Waals surface area contributed by atoms with Crippen LogP contribution in [-0.4, -0.2) is 23.1 Å². The summed E-state index contributed by atoms with van der Waals surface area (Å²) < 4.78 is 0.759. The summed E-state index contributed by atoms with van der Waals surface area (Å²) in [5.41, 5.74) is 5.77. The maximum atomic E-state index is 5.77. The Morgan fingerprint density at radius 2 is 2.11 bits per heavy atom. The van der Waals surface area contributed by atoms with Gasteiger partial charge in [0.2, 0.25) is 5.95 Å². The lowest BCUT2D eigenvalue weighted by Gasteiger charge is -2.21. The van der Waals surface area contributed by atoms with E-state index in [1.165, 1.54) is 19.3 Å². The van der Waals surface area contributed by atoms with Crippen molar-refractivity contribution in [1.82, 2.24) is 9.97 Å². The van der Waals surface area contributed by atoms with Gasteiger partial charge in [0, 0.05) is 19.2 Å². The lowest BCUT2D eigenvalue weighted by atomic mass is 9.89. The molecule has 2 rings (SSSR count). The Kier molecular flexibility index (Phi) is 4.43. The van der Waals surface area contributed by atoms with E-state index in [0.717, 1.165) is 35.5 Å². The topological polar surface area (TPSA) is 55.0 Å². The lowest BCUT2D eigenvalue weighted by molar-refractivity contribution is 0.351. The molecule has 1 atom stereocenters. The maximum Gasteiger partial charge on any atom is 0.228 e. The second-order valence-corrected chi connectivity index (χ2v) is 6.15. The zero-order valence-electron chi connectivity index (χ0n) is 11.1. The molecule has 0 bridgehead atoms. The van der Waals surface area contributed by atoms with Crippen molar-refractivity contribution in [2.75, 3.05) is 23.7 Å². The van der Waals surface area contributed by atoms with E-state index in [0.29, 0.717) is 5.82 Å². The number of hydrogen-bond donors (Lipinski definition) is 1. The molecule has 1 aliphatic rings. The van der Waals surface area contributed by atoms with E-state index in [9.17, 15) is 0 Å². The van der Waals surface area contributed by atoms with Gasteiger partial charge in [-0.25, -0.2) is 4.98 Å². The summed E-state index contributed by atoms with van der Waals surface area (Å²) in [4.78, 5) is 11.0. The molecule has 0 aliphatic carbocycles. The number of anilines is 2. The standard InChI is InChI=1S/C13H21BrN4/c1-9(2)10-4-3-6-18(7-5-10)13-16-11(14)8-12(15)17-13/h8-10H,3-7H2,1-2H3,(H2,15,16,17). The third-order valence-electron chi connectivity index (χ3n) is 3.70. The second kappa shape index (κ2) is 5.87. The maximum absolute atomic E-state index is 5.77. The quantitative estimate of drug-likeness (QED) is 0.853. The van der Waals surface area contributed by atoms with Crippen LogP contribution in [0.2, 0.25) is 0 Å². The van der Waals surface area contributed by atoms with Crippen LogP contribution in [0.5, 0.6) is 0 Å². The first-order valence-corrected chi connectivity index (χ1v) is 7.40. The van der Waals surface area contributed by atoms with Gasteiger partial charge in [-0.1, -0.05) is 13.8 Å². The van der Waals surface area contributed by atoms with Crippen molar-refractivity contribution in [3.8, 4) is 0 Å². The Bertz CT molecular complexity index is 388. The predicted molar refractivity (Wildman–Crippen MR) is 78.5 cm³/mol. The number of nitrogens with zero attached hydrogens (tertiary/aromatic N) is 3. The molecule has 1 unspecified atom stereocenters. The Morgan fingerprint density at radius 1 is 1.33 bits per heavy atom. The van der Waals surface area contributed by atoms with Crippen LogP contribution in [0.4, 0.5) is 11.8 Å². The Labute approximate surface area is 117 Å². The van der Waals surface area contributed by atoms with Crippen LogP contribution >= 0.6 is 15.9 Å². The average Bonchev–Trinajstić information content (AvgIpc) is 2.52. The van der Waals surface area contributed by atoms with Gasteiger partial charge < -0.3 is 10.6 Å². The molecule has 2 N–H and O–H groups in total. The summed E-state index contributed by atoms with van der Waals surface area (Å²) in [5.74, 6) is 2.86. The van der Waals surface area contributed by atoms with E-state index in [4.69, 9.17) is 5.73 Å². The van der Waals surface area contributed by atoms with Gasteiger partial charge in [0.1, 0.15) is 10.4 Å². The van der Waals surface area contributed by atoms with E-state index < -0.39 is 0 Å². The molecule has 100 valence electrons. The van der Waals surface area contributed by atoms with Crippen molar-refractivity contribution in [3.63, 3.8) is 0 Å². The Balaban J connectivity index is 2.09. The second-order valence-electron chi connectivity index (χ2n) is 5.34. The van der Waals surface area contributed by atoms with Gasteiger partial charge in [-0.3, -0.25) is 0 Å². The first-order valence-electron chi connectivity index (χ1n) is 6.61. The molecule has 1 aliphatic heterocycles. The summed E-state index contributed by atoms with van der Waals surface area (Å²) in [6, 6.07) is 1.73. The monoisotopic (exact) mass is 312 g/mol. The van der Waals surface area contributed by atoms with E-state index in [-0.39, 0.29) is 0 Å². The van der Waals surface area contributed by atoms with E-state index >= 15 is 0 Å². The molecular formula is C13H21BrN4. The molecule has 2 heterocycles. The predicted octanol–water partition coefficient (Wildman–Crippen LogP) is 3.08. The van der Waals surface area contributed by atoms with Gasteiger partial charge in [-0.15, -0.1) is 0 Å². The highest BCUT2D eigenvalue weighted by Gasteiger charge is 2.21. The molecule has 0 radical (unpaired) electrons. The van der Waals surface area contributed by atoms with E-state index in [1.54, 1.807) is 6.07 Å². The molecule has 1 saturated heterocycles. The van der Waals surface area contributed by atoms with Crippen molar-refractivity contribution in [2.45, 2.75) is 33.1 Å². The van der Waals surface area contributed by atoms with Crippen LogP contribution in [0.15, 0.2) is 10.7 Å². The minimum atomic E-state index is 0.525. The van der Waals surface area contributed by atoms with Gasteiger partial charge in [0.15, 0.2) is 0 Å². The average molecular weight is 313 g/mol. The largest absolute Gasteiger partial charge is 0.383 e. The Hall–Kier alpha value is -0.840. The molecule has 0 spiro atoms. The molecule has 5 heteroatoms. The molecule has 0 amide bonds. The fourth-order valence-electron chi connectivity index (χ4n) is 2.55. The number of nitrogens with two attached hydrogens (primary N) is 1. The van der Waals surface area contributed by atoms with Crippen LogP contribution < -0.4 is 10.6 Å². The lowest BCUT2D eigenvalue weighted by Crippen LogP contribution is -2.26. The zero-order valence-corrected chi connectivity index (χ0v) is 12.7. The first kappa shape index (κ1) is 13.6. The van der Waals surface area contributed by atoms with Crippen molar-refractivity contribution in [2.24, 2.45) is 11.8 Å². The fraction of sp³-hybridized carbons (Fsp3) is 0.692. The van der Waals surface area contributed by atoms with Crippen molar-refractivity contribution >= 4 is 27.7 Å². The first-order chi connectivity index (χ1) is 8.56. The van der Waals surface area contributed by atoms with Crippen molar-refractivity contribution in [3.05, 3.63) is 10.7 Å². The van der Waals surface area contributed by atoms with Gasteiger partial charge in [-0.2, -0.15) is 4.98 Å². The smallest absolute Gasteiger partial charge is 0.228 e. The number of halogens is 1. The molecule has 1 aromatic heterocycles. The third kappa shape index (κ3) is 3.34. The van der Waals surface area contributed by atoms with E-state index in [2.05, 4.69) is 44.6 Å². The normalized spacial score (nSPS) is 21.1. The van der Waals surface area contributed by atoms with Gasteiger partial charge in [0.05, 0.1) is 0 Å². The number of hydrogen-bond acceptors (Lipinski definition) is 4. The highest BCUT2D eigenvalue weighted by atomic mass is 79.9. The summed E-state index contributed by atoms with van der Waals surface area (Å²) in [6.07, 6.45) is 3.73. The van der Waals surface area contributed by atoms with Crippen LogP contribution in [0, 0.1) is 11.8 Å². The molecule has 4 nitrogen and oxygen atoms in total. The summed E-state index contributed by atoms with van der Waals surface area (Å²) in [6.45, 7) is 6.68. The molecule has 0 aromatic carbocycles. The summed E-state index contributed by atoms with van der Waals surface area (Å²) in [7, 11) is 0. The molecule has 0 saturated carbocycles. The van der Waals surface area contributed by atoms with Crippen LogP contribution in [0.3, 0.4) is 0 Å². The minimum absolute atomic E-state index is 0.525.